The number of carbonyl (C=O) groups excluding carboxylic acids is 2. The molecule has 0 aromatic heterocycles. The van der Waals surface area contributed by atoms with E-state index in [1.807, 2.05) is 13.8 Å². The molecule has 0 unspecified atom stereocenters. The van der Waals surface area contributed by atoms with Crippen molar-refractivity contribution in [2.45, 2.75) is 96.8 Å². The molecule has 0 spiro atoms. The van der Waals surface area contributed by atoms with Crippen LogP contribution < -0.4 is 5.32 Å². The number of nitrogens with one attached hydrogen (secondary N) is 1. The summed E-state index contributed by atoms with van der Waals surface area (Å²) >= 11 is 0. The molecule has 216 valence electrons. The largest absolute Gasteiger partial charge is 0.452 e. The number of carbonyl (C=O) groups is 2. The molecule has 0 radical (unpaired) electrons. The molecule has 0 aliphatic heterocycles. The number of aliphatic hydroxyl groups excluding tert-OH is 1. The summed E-state index contributed by atoms with van der Waals surface area (Å²) in [6, 6.07) is 5.06. The quantitative estimate of drug-likeness (QED) is 0.258. The lowest BCUT2D eigenvalue weighted by Gasteiger charge is -2.31. The maximum Gasteiger partial charge on any atom is 0.452 e. The molecule has 1 rings (SSSR count). The predicted octanol–water partition coefficient (Wildman–Crippen LogP) is 5.41. The van der Waals surface area contributed by atoms with Crippen LogP contribution >= 0.6 is 0 Å². The second-order valence-corrected chi connectivity index (χ2v) is 13.3. The lowest BCUT2D eigenvalue weighted by atomic mass is 10.1. The van der Waals surface area contributed by atoms with Gasteiger partial charge in [0.15, 0.2) is 0 Å². The van der Waals surface area contributed by atoms with Crippen LogP contribution in [0.4, 0.5) is 15.3 Å². The Kier molecular flexibility index (Phi) is 12.8. The molecule has 0 heterocycles. The molecule has 0 aliphatic carbocycles. The summed E-state index contributed by atoms with van der Waals surface area (Å²) in [6.45, 7) is 14.6. The summed E-state index contributed by atoms with van der Waals surface area (Å²) in [5.41, 5.74) is -0.996. The van der Waals surface area contributed by atoms with Crippen LogP contribution in [0.3, 0.4) is 0 Å². The topological polar surface area (TPSA) is 147 Å². The smallest absolute Gasteiger partial charge is 0.444 e. The molecule has 0 saturated heterocycles. The summed E-state index contributed by atoms with van der Waals surface area (Å²) in [5, 5.41) is 20.1. The summed E-state index contributed by atoms with van der Waals surface area (Å²) in [4.78, 5) is 23.6. The van der Waals surface area contributed by atoms with Crippen molar-refractivity contribution < 1.29 is 32.6 Å². The standard InChI is InChI=1S/C26H44N4O7S/c1-19(2)17-30(21(18-31)11-9-10-16-27-23(32)36-25(3,4)5)38(34,35)22-14-12-20(13-15-22)28-29-24(33)37-26(6,7)8/h12-15,19,21,31H,9-11,16-18H2,1-8H3,(H,27,32)/t21-/m0/s1. The normalized spacial score (nSPS) is 13.7. The highest BCUT2D eigenvalue weighted by Crippen LogP contribution is 2.25. The predicted molar refractivity (Wildman–Crippen MR) is 145 cm³/mol. The number of nitrogens with zero attached hydrogens (tertiary/aromatic N) is 3. The first-order valence-corrected chi connectivity index (χ1v) is 14.2. The highest BCUT2D eigenvalue weighted by atomic mass is 32.2. The SMILES string of the molecule is CC(C)CN([C@H](CO)CCCCNC(=O)OC(C)(C)C)S(=O)(=O)c1ccc(N=NC(=O)OC(C)(C)C)cc1. The number of sulfonamides is 1. The first-order chi connectivity index (χ1) is 17.4. The fourth-order valence-corrected chi connectivity index (χ4v) is 5.15. The first kappa shape index (κ1) is 33.5. The third kappa shape index (κ3) is 12.8. The minimum absolute atomic E-state index is 0.0227. The van der Waals surface area contributed by atoms with Gasteiger partial charge in [-0.15, -0.1) is 5.11 Å². The molecular formula is C26H44N4O7S. The molecule has 1 atom stereocenters. The molecule has 0 saturated carbocycles. The molecule has 11 nitrogen and oxygen atoms in total. The summed E-state index contributed by atoms with van der Waals surface area (Å²) in [5.74, 6) is 0.0227. The number of benzene rings is 1. The van der Waals surface area contributed by atoms with Crippen LogP contribution in [-0.4, -0.2) is 67.0 Å². The molecule has 0 fully saturated rings. The summed E-state index contributed by atoms with van der Waals surface area (Å²) < 4.78 is 38.7. The average Bonchev–Trinajstić information content (AvgIpc) is 2.76. The van der Waals surface area contributed by atoms with Crippen molar-refractivity contribution in [3.8, 4) is 0 Å². The molecule has 0 aliphatic rings. The van der Waals surface area contributed by atoms with Gasteiger partial charge in [0.25, 0.3) is 0 Å². The Morgan fingerprint density at radius 2 is 1.58 bits per heavy atom. The van der Waals surface area contributed by atoms with E-state index < -0.39 is 39.5 Å². The van der Waals surface area contributed by atoms with E-state index in [4.69, 9.17) is 9.47 Å². The second kappa shape index (κ2) is 14.5. The number of rotatable bonds is 12. The Morgan fingerprint density at radius 3 is 2.08 bits per heavy atom. The van der Waals surface area contributed by atoms with Crippen LogP contribution in [0.15, 0.2) is 39.4 Å². The van der Waals surface area contributed by atoms with Gasteiger partial charge in [-0.05, 0) is 84.6 Å². The minimum Gasteiger partial charge on any atom is -0.444 e. The first-order valence-electron chi connectivity index (χ1n) is 12.8. The lowest BCUT2D eigenvalue weighted by molar-refractivity contribution is 0.0524. The fraction of sp³-hybridized carbons (Fsp3) is 0.692. The number of alkyl carbamates (subject to hydrolysis) is 1. The summed E-state index contributed by atoms with van der Waals surface area (Å²) in [7, 11) is -3.94. The van der Waals surface area contributed by atoms with Gasteiger partial charge in [0.1, 0.15) is 11.2 Å². The van der Waals surface area contributed by atoms with Crippen molar-refractivity contribution in [2.24, 2.45) is 16.1 Å². The van der Waals surface area contributed by atoms with Crippen LogP contribution in [0.2, 0.25) is 0 Å². The minimum atomic E-state index is -3.94. The number of hydrogen-bond donors (Lipinski definition) is 2. The third-order valence-electron chi connectivity index (χ3n) is 4.88. The Balaban J connectivity index is 2.89. The van der Waals surface area contributed by atoms with Crippen LogP contribution in [0.25, 0.3) is 0 Å². The molecule has 12 heteroatoms. The number of unbranched alkanes of at least 4 members (excludes halogenated alkanes) is 1. The van der Waals surface area contributed by atoms with Gasteiger partial charge in [0, 0.05) is 19.1 Å². The van der Waals surface area contributed by atoms with Crippen molar-refractivity contribution >= 4 is 27.9 Å². The van der Waals surface area contributed by atoms with Crippen LogP contribution in [0.1, 0.15) is 74.7 Å². The number of ether oxygens (including phenoxy) is 2. The fourth-order valence-electron chi connectivity index (χ4n) is 3.34. The molecule has 0 bridgehead atoms. The second-order valence-electron chi connectivity index (χ2n) is 11.4. The van der Waals surface area contributed by atoms with Crippen molar-refractivity contribution in [3.63, 3.8) is 0 Å². The Labute approximate surface area is 227 Å². The van der Waals surface area contributed by atoms with E-state index >= 15 is 0 Å². The number of azo groups is 1. The summed E-state index contributed by atoms with van der Waals surface area (Å²) in [6.07, 6.45) is 0.261. The van der Waals surface area contributed by atoms with E-state index in [0.717, 1.165) is 0 Å². The van der Waals surface area contributed by atoms with Crippen molar-refractivity contribution in [2.75, 3.05) is 19.7 Å². The van der Waals surface area contributed by atoms with Crippen LogP contribution in [0.5, 0.6) is 0 Å². The van der Waals surface area contributed by atoms with Crippen LogP contribution in [-0.2, 0) is 19.5 Å². The maximum absolute atomic E-state index is 13.5. The van der Waals surface area contributed by atoms with Gasteiger partial charge in [0.2, 0.25) is 10.0 Å². The van der Waals surface area contributed by atoms with Gasteiger partial charge < -0.3 is 19.9 Å². The van der Waals surface area contributed by atoms with E-state index in [1.165, 1.54) is 28.6 Å². The number of hydrogen-bond acceptors (Lipinski definition) is 8. The van der Waals surface area contributed by atoms with Gasteiger partial charge in [-0.25, -0.2) is 18.0 Å². The zero-order valence-electron chi connectivity index (χ0n) is 23.9. The zero-order chi connectivity index (χ0) is 29.1. The molecule has 38 heavy (non-hydrogen) atoms. The Bertz CT molecular complexity index is 1030. The molecule has 2 amide bonds. The van der Waals surface area contributed by atoms with Crippen molar-refractivity contribution in [1.82, 2.24) is 9.62 Å². The van der Waals surface area contributed by atoms with Gasteiger partial charge in [0.05, 0.1) is 17.2 Å². The van der Waals surface area contributed by atoms with Gasteiger partial charge >= 0.3 is 12.2 Å². The van der Waals surface area contributed by atoms with E-state index in [0.29, 0.717) is 31.5 Å². The molecule has 2 N–H and O–H groups in total. The number of amides is 2. The Hall–Kier alpha value is -2.57. The maximum atomic E-state index is 13.5. The molecule has 1 aromatic carbocycles. The van der Waals surface area contributed by atoms with E-state index in [-0.39, 0.29) is 24.0 Å². The zero-order valence-corrected chi connectivity index (χ0v) is 24.7. The molecule has 1 aromatic rings. The van der Waals surface area contributed by atoms with Gasteiger partial charge in [-0.3, -0.25) is 0 Å². The Morgan fingerprint density at radius 1 is 1.00 bits per heavy atom. The third-order valence-corrected chi connectivity index (χ3v) is 6.81. The molecular weight excluding hydrogens is 512 g/mol. The van der Waals surface area contributed by atoms with Crippen LogP contribution in [0, 0.1) is 5.92 Å². The van der Waals surface area contributed by atoms with Gasteiger partial charge in [-0.2, -0.15) is 4.31 Å². The van der Waals surface area contributed by atoms with Gasteiger partial charge in [-0.1, -0.05) is 25.4 Å². The number of aliphatic hydroxyl groups is 1. The van der Waals surface area contributed by atoms with E-state index in [1.54, 1.807) is 41.5 Å². The lowest BCUT2D eigenvalue weighted by Crippen LogP contribution is -2.44. The van der Waals surface area contributed by atoms with E-state index in [2.05, 4.69) is 15.5 Å². The highest BCUT2D eigenvalue weighted by molar-refractivity contribution is 7.89. The van der Waals surface area contributed by atoms with E-state index in [9.17, 15) is 23.1 Å². The highest BCUT2D eigenvalue weighted by Gasteiger charge is 2.31. The van der Waals surface area contributed by atoms with Crippen molar-refractivity contribution in [3.05, 3.63) is 24.3 Å². The average molecular weight is 557 g/mol. The van der Waals surface area contributed by atoms with Crippen molar-refractivity contribution in [1.29, 1.82) is 0 Å². The monoisotopic (exact) mass is 556 g/mol.